The average Bonchev–Trinajstić information content (AvgIpc) is 2.88. The summed E-state index contributed by atoms with van der Waals surface area (Å²) in [5, 5.41) is 10.4. The van der Waals surface area contributed by atoms with Crippen LogP contribution in [0, 0.1) is 13.8 Å². The fraction of sp³-hybridized carbons (Fsp3) is 0.182. The molecule has 17 heavy (non-hydrogen) atoms. The zero-order valence-electron chi connectivity index (χ0n) is 9.54. The van der Waals surface area contributed by atoms with Crippen LogP contribution < -0.4 is 5.32 Å². The molecule has 0 aliphatic heterocycles. The van der Waals surface area contributed by atoms with Gasteiger partial charge >= 0.3 is 0 Å². The minimum Gasteiger partial charge on any atom is -0.360 e. The predicted octanol–water partition coefficient (Wildman–Crippen LogP) is 2.61. The van der Waals surface area contributed by atoms with Crippen molar-refractivity contribution in [3.63, 3.8) is 0 Å². The molecule has 0 amide bonds. The number of aryl methyl sites for hydroxylation is 2. The van der Waals surface area contributed by atoms with Gasteiger partial charge in [0.1, 0.15) is 11.5 Å². The van der Waals surface area contributed by atoms with Gasteiger partial charge in [-0.1, -0.05) is 10.3 Å². The van der Waals surface area contributed by atoms with Gasteiger partial charge in [0.2, 0.25) is 0 Å². The summed E-state index contributed by atoms with van der Waals surface area (Å²) in [6, 6.07) is 3.54. The van der Waals surface area contributed by atoms with E-state index in [1.807, 2.05) is 13.8 Å². The molecule has 0 bridgehead atoms. The Morgan fingerprint density at radius 2 is 1.94 bits per heavy atom. The lowest BCUT2D eigenvalue weighted by atomic mass is 10.5. The van der Waals surface area contributed by atoms with E-state index in [0.717, 1.165) is 11.5 Å². The van der Waals surface area contributed by atoms with Crippen LogP contribution in [0.1, 0.15) is 11.5 Å². The molecule has 1 N–H and O–H groups in total. The highest BCUT2D eigenvalue weighted by molar-refractivity contribution is 5.74. The summed E-state index contributed by atoms with van der Waals surface area (Å²) in [6.45, 7) is 3.65. The Kier molecular flexibility index (Phi) is 3.34. The van der Waals surface area contributed by atoms with E-state index in [-0.39, 0.29) is 0 Å². The summed E-state index contributed by atoms with van der Waals surface area (Å²) < 4.78 is 9.76. The molecule has 2 aromatic rings. The van der Waals surface area contributed by atoms with Crippen molar-refractivity contribution in [2.24, 2.45) is 4.99 Å². The molecular formula is C11H12N4O2. The number of aliphatic imine (C=N–C) groups is 1. The van der Waals surface area contributed by atoms with Gasteiger partial charge in [-0.3, -0.25) is 0 Å². The second-order valence-electron chi connectivity index (χ2n) is 3.40. The van der Waals surface area contributed by atoms with Gasteiger partial charge in [0.15, 0.2) is 11.6 Å². The molecule has 2 aromatic heterocycles. The first-order valence-corrected chi connectivity index (χ1v) is 5.06. The first-order chi connectivity index (χ1) is 8.24. The Labute approximate surface area is 98.0 Å². The van der Waals surface area contributed by atoms with Gasteiger partial charge in [0.25, 0.3) is 0 Å². The average molecular weight is 232 g/mol. The maximum atomic E-state index is 4.89. The van der Waals surface area contributed by atoms with Crippen LogP contribution in [0.5, 0.6) is 0 Å². The number of rotatable bonds is 4. The second-order valence-corrected chi connectivity index (χ2v) is 3.40. The third-order valence-corrected chi connectivity index (χ3v) is 1.86. The van der Waals surface area contributed by atoms with Crippen molar-refractivity contribution in [1.82, 2.24) is 10.3 Å². The fourth-order valence-electron chi connectivity index (χ4n) is 1.14. The lowest BCUT2D eigenvalue weighted by molar-refractivity contribution is 0.399. The van der Waals surface area contributed by atoms with E-state index in [2.05, 4.69) is 20.6 Å². The van der Waals surface area contributed by atoms with Crippen LogP contribution in [0.25, 0.3) is 0 Å². The lowest BCUT2D eigenvalue weighted by Crippen LogP contribution is -1.85. The number of hydrogen-bond acceptors (Lipinski definition) is 6. The summed E-state index contributed by atoms with van der Waals surface area (Å²) in [6.07, 6.45) is 5.04. The minimum absolute atomic E-state index is 0.546. The molecular weight excluding hydrogens is 220 g/mol. The monoisotopic (exact) mass is 232 g/mol. The Hall–Kier alpha value is -2.37. The van der Waals surface area contributed by atoms with Gasteiger partial charge in [0, 0.05) is 24.5 Å². The number of hydrogen-bond donors (Lipinski definition) is 1. The Morgan fingerprint density at radius 3 is 2.59 bits per heavy atom. The summed E-state index contributed by atoms with van der Waals surface area (Å²) in [4.78, 5) is 4.06. The maximum absolute atomic E-state index is 4.89. The van der Waals surface area contributed by atoms with Crippen LogP contribution in [0.15, 0.2) is 38.4 Å². The van der Waals surface area contributed by atoms with E-state index in [9.17, 15) is 0 Å². The normalized spacial score (nSPS) is 11.6. The lowest BCUT2D eigenvalue weighted by Gasteiger charge is -1.88. The molecule has 0 atom stereocenters. The Bertz CT molecular complexity index is 539. The first kappa shape index (κ1) is 11.1. The number of allylic oxidation sites excluding steroid dienone is 1. The molecule has 0 aliphatic rings. The fourth-order valence-corrected chi connectivity index (χ4v) is 1.14. The van der Waals surface area contributed by atoms with Crippen molar-refractivity contribution in [1.29, 1.82) is 0 Å². The molecule has 0 aliphatic carbocycles. The molecule has 0 fully saturated rings. The Balaban J connectivity index is 1.84. The van der Waals surface area contributed by atoms with Crippen LogP contribution >= 0.6 is 0 Å². The quantitative estimate of drug-likeness (QED) is 0.820. The summed E-state index contributed by atoms with van der Waals surface area (Å²) >= 11 is 0. The van der Waals surface area contributed by atoms with Crippen LogP contribution in [-0.2, 0) is 0 Å². The van der Waals surface area contributed by atoms with E-state index >= 15 is 0 Å². The number of anilines is 1. The highest BCUT2D eigenvalue weighted by Crippen LogP contribution is 2.10. The highest BCUT2D eigenvalue weighted by Gasteiger charge is 1.95. The van der Waals surface area contributed by atoms with Crippen LogP contribution in [0.3, 0.4) is 0 Å². The van der Waals surface area contributed by atoms with Crippen molar-refractivity contribution >= 4 is 17.9 Å². The topological polar surface area (TPSA) is 76.5 Å². The standard InChI is InChI=1S/C11H12N4O2/c1-8-6-10(14-16-8)12-4-3-5-13-11-7-9(2)17-15-11/h3-7H,1-2H3,(H,12,14). The molecule has 0 aromatic carbocycles. The number of nitrogens with zero attached hydrogens (tertiary/aromatic N) is 3. The van der Waals surface area contributed by atoms with Crippen molar-refractivity contribution in [3.8, 4) is 0 Å². The summed E-state index contributed by atoms with van der Waals surface area (Å²) in [7, 11) is 0. The van der Waals surface area contributed by atoms with Gasteiger partial charge in [-0.25, -0.2) is 4.99 Å². The van der Waals surface area contributed by atoms with E-state index < -0.39 is 0 Å². The van der Waals surface area contributed by atoms with Crippen LogP contribution in [0.4, 0.5) is 11.6 Å². The molecule has 2 rings (SSSR count). The van der Waals surface area contributed by atoms with Gasteiger partial charge in [-0.15, -0.1) is 0 Å². The largest absolute Gasteiger partial charge is 0.360 e. The highest BCUT2D eigenvalue weighted by atomic mass is 16.5. The van der Waals surface area contributed by atoms with E-state index in [1.165, 1.54) is 0 Å². The Morgan fingerprint density at radius 1 is 1.18 bits per heavy atom. The number of nitrogens with one attached hydrogen (secondary N) is 1. The van der Waals surface area contributed by atoms with Crippen LogP contribution in [0.2, 0.25) is 0 Å². The maximum Gasteiger partial charge on any atom is 0.195 e. The molecule has 6 heteroatoms. The van der Waals surface area contributed by atoms with Crippen LogP contribution in [-0.4, -0.2) is 16.5 Å². The minimum atomic E-state index is 0.546. The summed E-state index contributed by atoms with van der Waals surface area (Å²) in [5.74, 6) is 2.69. The third-order valence-electron chi connectivity index (χ3n) is 1.86. The van der Waals surface area contributed by atoms with E-state index in [1.54, 1.807) is 30.6 Å². The summed E-state index contributed by atoms with van der Waals surface area (Å²) in [5.41, 5.74) is 0. The molecule has 0 saturated heterocycles. The molecule has 0 saturated carbocycles. The zero-order chi connectivity index (χ0) is 12.1. The van der Waals surface area contributed by atoms with Gasteiger partial charge in [0.05, 0.1) is 0 Å². The third kappa shape index (κ3) is 3.30. The molecule has 88 valence electrons. The van der Waals surface area contributed by atoms with Gasteiger partial charge < -0.3 is 14.4 Å². The van der Waals surface area contributed by atoms with Gasteiger partial charge in [-0.2, -0.15) is 0 Å². The smallest absolute Gasteiger partial charge is 0.195 e. The van der Waals surface area contributed by atoms with Gasteiger partial charge in [-0.05, 0) is 19.9 Å². The zero-order valence-corrected chi connectivity index (χ0v) is 9.54. The second kappa shape index (κ2) is 5.11. The van der Waals surface area contributed by atoms with Crippen molar-refractivity contribution in [3.05, 3.63) is 35.9 Å². The van der Waals surface area contributed by atoms with Crippen molar-refractivity contribution in [2.45, 2.75) is 13.8 Å². The molecule has 6 nitrogen and oxygen atoms in total. The molecule has 2 heterocycles. The number of aromatic nitrogens is 2. The van der Waals surface area contributed by atoms with Crippen molar-refractivity contribution < 1.29 is 9.05 Å². The molecule has 0 spiro atoms. The SMILES string of the molecule is Cc1cc(N=CC=CNc2cc(C)on2)no1. The van der Waals surface area contributed by atoms with E-state index in [0.29, 0.717) is 11.6 Å². The predicted molar refractivity (Wildman–Crippen MR) is 63.4 cm³/mol. The van der Waals surface area contributed by atoms with E-state index in [4.69, 9.17) is 9.05 Å². The molecule has 0 radical (unpaired) electrons. The van der Waals surface area contributed by atoms with Crippen molar-refractivity contribution in [2.75, 3.05) is 5.32 Å². The first-order valence-electron chi connectivity index (χ1n) is 5.06. The molecule has 0 unspecified atom stereocenters.